The Morgan fingerprint density at radius 3 is 0.769 bits per heavy atom. The molecule has 0 aromatic rings. The first kappa shape index (κ1) is 75.4. The Kier molecular flexibility index (Phi) is 64.6. The van der Waals surface area contributed by atoms with Crippen LogP contribution in [0.1, 0.15) is 374 Å². The summed E-state index contributed by atoms with van der Waals surface area (Å²) in [5, 5.41) is 0. The largest absolute Gasteiger partial charge is 0.462 e. The van der Waals surface area contributed by atoms with Crippen molar-refractivity contribution in [2.75, 3.05) is 13.2 Å². The molecular weight excluding hydrogens is 961 g/mol. The molecule has 0 bridgehead atoms. The van der Waals surface area contributed by atoms with Crippen LogP contribution in [0.5, 0.6) is 0 Å². The average Bonchev–Trinajstić information content (AvgIpc) is 3.44. The van der Waals surface area contributed by atoms with E-state index in [4.69, 9.17) is 14.2 Å². The number of unbranched alkanes of at least 4 members (excludes halogenated alkanes) is 45. The van der Waals surface area contributed by atoms with Gasteiger partial charge in [0, 0.05) is 19.3 Å². The highest BCUT2D eigenvalue weighted by molar-refractivity contribution is 5.71. The molecule has 1 atom stereocenters. The molecule has 6 heteroatoms. The van der Waals surface area contributed by atoms with Crippen molar-refractivity contribution in [2.45, 2.75) is 380 Å². The Hall–Kier alpha value is -2.63. The minimum absolute atomic E-state index is 0.0734. The van der Waals surface area contributed by atoms with Gasteiger partial charge in [0.25, 0.3) is 0 Å². The predicted octanol–water partition coefficient (Wildman–Crippen LogP) is 23.7. The van der Waals surface area contributed by atoms with Gasteiger partial charge >= 0.3 is 17.9 Å². The minimum atomic E-state index is -0.776. The van der Waals surface area contributed by atoms with Crippen LogP contribution in [0.4, 0.5) is 0 Å². The second-order valence-corrected chi connectivity index (χ2v) is 23.4. The zero-order chi connectivity index (χ0) is 56.4. The van der Waals surface area contributed by atoms with Crippen molar-refractivity contribution in [1.29, 1.82) is 0 Å². The molecule has 1 unspecified atom stereocenters. The topological polar surface area (TPSA) is 78.9 Å². The van der Waals surface area contributed by atoms with Crippen LogP contribution in [-0.2, 0) is 28.6 Å². The summed E-state index contributed by atoms with van der Waals surface area (Å²) < 4.78 is 16.9. The van der Waals surface area contributed by atoms with Crippen molar-refractivity contribution in [3.8, 4) is 0 Å². The van der Waals surface area contributed by atoms with E-state index in [1.165, 1.54) is 257 Å². The smallest absolute Gasteiger partial charge is 0.306 e. The lowest BCUT2D eigenvalue weighted by Gasteiger charge is -2.18. The molecule has 0 saturated carbocycles. The lowest BCUT2D eigenvalue weighted by molar-refractivity contribution is -0.167. The third-order valence-corrected chi connectivity index (χ3v) is 15.5. The van der Waals surface area contributed by atoms with Crippen LogP contribution in [-0.4, -0.2) is 37.2 Å². The monoisotopic (exact) mass is 1090 g/mol. The molecule has 78 heavy (non-hydrogen) atoms. The van der Waals surface area contributed by atoms with E-state index < -0.39 is 6.10 Å². The zero-order valence-corrected chi connectivity index (χ0v) is 52.5. The molecule has 0 saturated heterocycles. The van der Waals surface area contributed by atoms with Crippen molar-refractivity contribution < 1.29 is 28.6 Å². The summed E-state index contributed by atoms with van der Waals surface area (Å²) in [4.78, 5) is 38.2. The first-order valence-corrected chi connectivity index (χ1v) is 34.6. The highest BCUT2D eigenvalue weighted by atomic mass is 16.6. The Balaban J connectivity index is 4.05. The molecule has 0 aromatic heterocycles. The minimum Gasteiger partial charge on any atom is -0.462 e. The number of esters is 3. The van der Waals surface area contributed by atoms with Gasteiger partial charge in [0.1, 0.15) is 13.2 Å². The standard InChI is InChI=1S/C72H132O6/c1-4-7-10-13-16-19-22-24-26-28-29-30-31-32-33-34-35-36-37-38-39-40-41-42-43-45-46-48-50-53-56-59-62-65-71(74)77-68-69(67-76-70(73)64-61-58-55-52-21-18-15-12-9-6-3)78-72(75)66-63-60-57-54-51-49-47-44-27-25-23-20-17-14-11-8-5-2/h12,15,22,24-25,27-29,69H,4-11,13-14,16-21,23,26,30-68H2,1-3H3/b15-12-,24-22-,27-25-,29-28-. The third kappa shape index (κ3) is 64.2. The first-order chi connectivity index (χ1) is 38.5. The Morgan fingerprint density at radius 1 is 0.256 bits per heavy atom. The summed E-state index contributed by atoms with van der Waals surface area (Å²) in [6.07, 6.45) is 84.5. The normalized spacial score (nSPS) is 12.3. The van der Waals surface area contributed by atoms with Gasteiger partial charge in [-0.05, 0) is 96.3 Å². The highest BCUT2D eigenvalue weighted by Crippen LogP contribution is 2.18. The van der Waals surface area contributed by atoms with E-state index >= 15 is 0 Å². The van der Waals surface area contributed by atoms with E-state index in [9.17, 15) is 14.4 Å². The van der Waals surface area contributed by atoms with Crippen LogP contribution in [0.25, 0.3) is 0 Å². The van der Waals surface area contributed by atoms with Gasteiger partial charge in [0.15, 0.2) is 6.10 Å². The average molecular weight is 1090 g/mol. The van der Waals surface area contributed by atoms with E-state index in [1.807, 2.05) is 0 Å². The molecule has 0 fully saturated rings. The molecule has 0 aromatic carbocycles. The van der Waals surface area contributed by atoms with E-state index in [0.717, 1.165) is 77.0 Å². The molecular formula is C72H132O6. The van der Waals surface area contributed by atoms with Crippen LogP contribution in [0.3, 0.4) is 0 Å². The van der Waals surface area contributed by atoms with Crippen molar-refractivity contribution in [1.82, 2.24) is 0 Å². The third-order valence-electron chi connectivity index (χ3n) is 15.5. The number of allylic oxidation sites excluding steroid dienone is 8. The quantitative estimate of drug-likeness (QED) is 0.0261. The molecule has 0 aliphatic rings. The number of rotatable bonds is 64. The lowest BCUT2D eigenvalue weighted by Crippen LogP contribution is -2.30. The number of hydrogen-bond donors (Lipinski definition) is 0. The maximum Gasteiger partial charge on any atom is 0.306 e. The predicted molar refractivity (Wildman–Crippen MR) is 339 cm³/mol. The fourth-order valence-electron chi connectivity index (χ4n) is 10.3. The van der Waals surface area contributed by atoms with Gasteiger partial charge in [-0.15, -0.1) is 0 Å². The fourth-order valence-corrected chi connectivity index (χ4v) is 10.3. The van der Waals surface area contributed by atoms with Crippen molar-refractivity contribution >= 4 is 17.9 Å². The summed E-state index contributed by atoms with van der Waals surface area (Å²) in [7, 11) is 0. The number of ether oxygens (including phenoxy) is 3. The van der Waals surface area contributed by atoms with Gasteiger partial charge in [-0.3, -0.25) is 14.4 Å². The number of hydrogen-bond acceptors (Lipinski definition) is 6. The Labute approximate surface area is 486 Å². The van der Waals surface area contributed by atoms with Gasteiger partial charge in [0.05, 0.1) is 0 Å². The van der Waals surface area contributed by atoms with Crippen LogP contribution in [0.15, 0.2) is 48.6 Å². The van der Waals surface area contributed by atoms with Crippen molar-refractivity contribution in [3.63, 3.8) is 0 Å². The highest BCUT2D eigenvalue weighted by Gasteiger charge is 2.19. The number of carbonyl (C=O) groups is 3. The van der Waals surface area contributed by atoms with Crippen LogP contribution < -0.4 is 0 Å². The van der Waals surface area contributed by atoms with E-state index in [1.54, 1.807) is 0 Å². The lowest BCUT2D eigenvalue weighted by atomic mass is 10.0. The molecule has 0 spiro atoms. The second-order valence-electron chi connectivity index (χ2n) is 23.4. The van der Waals surface area contributed by atoms with Crippen LogP contribution in [0, 0.1) is 0 Å². The molecule has 0 amide bonds. The van der Waals surface area contributed by atoms with Crippen molar-refractivity contribution in [2.24, 2.45) is 0 Å². The van der Waals surface area contributed by atoms with E-state index in [0.29, 0.717) is 19.3 Å². The molecule has 0 N–H and O–H groups in total. The maximum absolute atomic E-state index is 12.9. The summed E-state index contributed by atoms with van der Waals surface area (Å²) in [6.45, 7) is 6.60. The Morgan fingerprint density at radius 2 is 0.487 bits per heavy atom. The SMILES string of the molecule is CCC/C=C\CCCCCCCC(=O)OCC(COC(=O)CCCCCCCCCCCCCCCCCCCCCCC/C=C\C/C=C\CCCCCCC)OC(=O)CCCCCCCCC/C=C\CCCCCCCC. The molecule has 0 aliphatic heterocycles. The summed E-state index contributed by atoms with van der Waals surface area (Å²) in [5.74, 6) is -0.868. The zero-order valence-electron chi connectivity index (χ0n) is 52.5. The van der Waals surface area contributed by atoms with Gasteiger partial charge in [-0.2, -0.15) is 0 Å². The van der Waals surface area contributed by atoms with Crippen LogP contribution in [0.2, 0.25) is 0 Å². The fraction of sp³-hybridized carbons (Fsp3) is 0.847. The second kappa shape index (κ2) is 66.9. The van der Waals surface area contributed by atoms with E-state index in [-0.39, 0.29) is 31.1 Å². The first-order valence-electron chi connectivity index (χ1n) is 34.6. The molecule has 0 rings (SSSR count). The number of carbonyl (C=O) groups excluding carboxylic acids is 3. The summed E-state index contributed by atoms with van der Waals surface area (Å²) in [6, 6.07) is 0. The summed E-state index contributed by atoms with van der Waals surface area (Å²) in [5.41, 5.74) is 0. The van der Waals surface area contributed by atoms with E-state index in [2.05, 4.69) is 69.4 Å². The van der Waals surface area contributed by atoms with Gasteiger partial charge in [-0.25, -0.2) is 0 Å². The Bertz CT molecular complexity index is 1350. The van der Waals surface area contributed by atoms with Crippen molar-refractivity contribution in [3.05, 3.63) is 48.6 Å². The van der Waals surface area contributed by atoms with Gasteiger partial charge in [-0.1, -0.05) is 307 Å². The molecule has 0 aliphatic carbocycles. The molecule has 6 nitrogen and oxygen atoms in total. The van der Waals surface area contributed by atoms with Gasteiger partial charge in [0.2, 0.25) is 0 Å². The summed E-state index contributed by atoms with van der Waals surface area (Å²) >= 11 is 0. The maximum atomic E-state index is 12.9. The molecule has 0 radical (unpaired) electrons. The molecule has 456 valence electrons. The molecule has 0 heterocycles. The van der Waals surface area contributed by atoms with Crippen LogP contribution >= 0.6 is 0 Å². The van der Waals surface area contributed by atoms with Gasteiger partial charge < -0.3 is 14.2 Å².